The molecule has 2 nitrogen and oxygen atoms in total. The summed E-state index contributed by atoms with van der Waals surface area (Å²) in [5, 5.41) is 0. The van der Waals surface area contributed by atoms with Crippen molar-refractivity contribution in [1.29, 1.82) is 0 Å². The van der Waals surface area contributed by atoms with E-state index in [-0.39, 0.29) is 7.43 Å². The Balaban J connectivity index is -0.0000000910. The summed E-state index contributed by atoms with van der Waals surface area (Å²) in [6.45, 7) is 6.04. The molecule has 0 aromatic rings. The average Bonchev–Trinajstić information content (AvgIpc) is 1.89. The zero-order valence-electron chi connectivity index (χ0n) is 7.27. The van der Waals surface area contributed by atoms with Gasteiger partial charge >= 0.3 is 0 Å². The number of rotatable bonds is 2. The molecule has 0 fully saturated rings. The first-order chi connectivity index (χ1) is 4.18. The van der Waals surface area contributed by atoms with Gasteiger partial charge in [-0.25, -0.2) is 0 Å². The number of hydrogen-bond acceptors (Lipinski definition) is 2. The fourth-order valence-corrected chi connectivity index (χ4v) is 0. The molecule has 0 heterocycles. The summed E-state index contributed by atoms with van der Waals surface area (Å²) >= 11 is 0. The van der Waals surface area contributed by atoms with E-state index in [9.17, 15) is 0 Å². The van der Waals surface area contributed by atoms with Crippen LogP contribution in [0, 0.1) is 0 Å². The van der Waals surface area contributed by atoms with Crippen molar-refractivity contribution in [1.82, 2.24) is 4.90 Å². The van der Waals surface area contributed by atoms with Crippen LogP contribution in [-0.4, -0.2) is 39.3 Å². The molecule has 0 aliphatic carbocycles. The van der Waals surface area contributed by atoms with E-state index in [1.54, 1.807) is 7.11 Å². The highest BCUT2D eigenvalue weighted by atomic mass is 16.5. The molecular formula is C8H23NO. The first-order valence-electron chi connectivity index (χ1n) is 3.32. The van der Waals surface area contributed by atoms with E-state index in [1.165, 1.54) is 0 Å². The van der Waals surface area contributed by atoms with Crippen LogP contribution >= 0.6 is 0 Å². The van der Waals surface area contributed by atoms with E-state index in [1.807, 2.05) is 6.92 Å². The Kier molecular flexibility index (Phi) is 26.3. The van der Waals surface area contributed by atoms with Crippen LogP contribution in [0.2, 0.25) is 0 Å². The Labute approximate surface area is 66.2 Å². The molecular weight excluding hydrogens is 126 g/mol. The van der Waals surface area contributed by atoms with Crippen molar-refractivity contribution in [2.45, 2.75) is 21.3 Å². The molecule has 0 bridgehead atoms. The van der Waals surface area contributed by atoms with Gasteiger partial charge in [0.1, 0.15) is 0 Å². The Morgan fingerprint density at radius 1 is 1.20 bits per heavy atom. The molecule has 0 rings (SSSR count). The molecule has 0 N–H and O–H groups in total. The fourth-order valence-electron chi connectivity index (χ4n) is 0. The van der Waals surface area contributed by atoms with Gasteiger partial charge in [-0.2, -0.15) is 0 Å². The predicted molar refractivity (Wildman–Crippen MR) is 48.5 cm³/mol. The van der Waals surface area contributed by atoms with Crippen LogP contribution in [0.5, 0.6) is 0 Å². The highest BCUT2D eigenvalue weighted by Gasteiger charge is 1.72. The summed E-state index contributed by atoms with van der Waals surface area (Å²) in [4.78, 5) is 2.12. The van der Waals surface area contributed by atoms with Crippen molar-refractivity contribution in [3.05, 3.63) is 0 Å². The van der Waals surface area contributed by atoms with Gasteiger partial charge in [-0.15, -0.1) is 0 Å². The quantitative estimate of drug-likeness (QED) is 0.594. The molecule has 0 radical (unpaired) electrons. The molecule has 0 atom stereocenters. The molecule has 0 amide bonds. The Morgan fingerprint density at radius 2 is 1.40 bits per heavy atom. The van der Waals surface area contributed by atoms with Gasteiger partial charge in [0, 0.05) is 13.7 Å². The van der Waals surface area contributed by atoms with Crippen LogP contribution in [-0.2, 0) is 4.74 Å². The molecule has 66 valence electrons. The Bertz CT molecular complexity index is 36.2. The summed E-state index contributed by atoms with van der Waals surface area (Å²) in [6, 6.07) is 0. The predicted octanol–water partition coefficient (Wildman–Crippen LogP) is 1.86. The summed E-state index contributed by atoms with van der Waals surface area (Å²) in [6.07, 6.45) is 0. The van der Waals surface area contributed by atoms with Crippen molar-refractivity contribution in [3.63, 3.8) is 0 Å². The van der Waals surface area contributed by atoms with Crippen molar-refractivity contribution in [2.24, 2.45) is 0 Å². The van der Waals surface area contributed by atoms with Crippen LogP contribution < -0.4 is 0 Å². The van der Waals surface area contributed by atoms with Crippen LogP contribution in [0.1, 0.15) is 21.3 Å². The van der Waals surface area contributed by atoms with Crippen LogP contribution in [0.25, 0.3) is 0 Å². The highest BCUT2D eigenvalue weighted by molar-refractivity contribution is 4.25. The lowest BCUT2D eigenvalue weighted by Gasteiger charge is -2.00. The maximum absolute atomic E-state index is 4.54. The first kappa shape index (κ1) is 16.5. The molecule has 10 heavy (non-hydrogen) atoms. The van der Waals surface area contributed by atoms with Gasteiger partial charge in [0.15, 0.2) is 0 Å². The lowest BCUT2D eigenvalue weighted by Crippen LogP contribution is -2.08. The van der Waals surface area contributed by atoms with Crippen molar-refractivity contribution < 1.29 is 4.74 Å². The lowest BCUT2D eigenvalue weighted by atomic mass is 10.7. The molecule has 0 spiro atoms. The van der Waals surface area contributed by atoms with E-state index >= 15 is 0 Å². The second kappa shape index (κ2) is 16.0. The maximum Gasteiger partial charge on any atom is 0.0433 e. The third-order valence-corrected chi connectivity index (χ3v) is 0.921. The summed E-state index contributed by atoms with van der Waals surface area (Å²) in [5.74, 6) is 0. The lowest BCUT2D eigenvalue weighted by molar-refractivity contribution is 0.215. The molecule has 0 saturated carbocycles. The van der Waals surface area contributed by atoms with Gasteiger partial charge in [-0.1, -0.05) is 14.4 Å². The van der Waals surface area contributed by atoms with Crippen LogP contribution in [0.4, 0.5) is 0 Å². The minimum Gasteiger partial charge on any atom is -0.385 e. The van der Waals surface area contributed by atoms with Crippen molar-refractivity contribution >= 4 is 0 Å². The smallest absolute Gasteiger partial charge is 0.0433 e. The zero-order chi connectivity index (χ0) is 7.70. The summed E-state index contributed by atoms with van der Waals surface area (Å²) < 4.78 is 4.54. The SMILES string of the molecule is C.CCN(C)C.CCOC. The largest absolute Gasteiger partial charge is 0.385 e. The van der Waals surface area contributed by atoms with Crippen molar-refractivity contribution in [2.75, 3.05) is 34.4 Å². The molecule has 0 aliphatic heterocycles. The fraction of sp³-hybridized carbons (Fsp3) is 1.00. The van der Waals surface area contributed by atoms with Crippen LogP contribution in [0.15, 0.2) is 0 Å². The average molecular weight is 149 g/mol. The third-order valence-electron chi connectivity index (χ3n) is 0.921. The van der Waals surface area contributed by atoms with Crippen molar-refractivity contribution in [3.8, 4) is 0 Å². The second-order valence-corrected chi connectivity index (χ2v) is 1.97. The van der Waals surface area contributed by atoms with E-state index < -0.39 is 0 Å². The van der Waals surface area contributed by atoms with Gasteiger partial charge in [-0.05, 0) is 27.6 Å². The first-order valence-corrected chi connectivity index (χ1v) is 3.32. The minimum absolute atomic E-state index is 0. The molecule has 0 aromatic carbocycles. The minimum atomic E-state index is 0. The normalized spacial score (nSPS) is 7.80. The van der Waals surface area contributed by atoms with Gasteiger partial charge in [-0.3, -0.25) is 0 Å². The van der Waals surface area contributed by atoms with E-state index in [0.29, 0.717) is 0 Å². The number of hydrogen-bond donors (Lipinski definition) is 0. The monoisotopic (exact) mass is 149 g/mol. The standard InChI is InChI=1S/C4H11N.C3H8O.CH4/c1-4-5(2)3;1-3-4-2;/h4H2,1-3H3;3H2,1-2H3;1H4. The maximum atomic E-state index is 4.54. The summed E-state index contributed by atoms with van der Waals surface area (Å²) in [7, 11) is 5.79. The third kappa shape index (κ3) is 44.5. The Morgan fingerprint density at radius 3 is 1.40 bits per heavy atom. The molecule has 0 unspecified atom stereocenters. The van der Waals surface area contributed by atoms with E-state index in [4.69, 9.17) is 0 Å². The number of nitrogens with zero attached hydrogens (tertiary/aromatic N) is 1. The van der Waals surface area contributed by atoms with E-state index in [2.05, 4.69) is 30.7 Å². The van der Waals surface area contributed by atoms with Gasteiger partial charge in [0.05, 0.1) is 0 Å². The van der Waals surface area contributed by atoms with Crippen LogP contribution in [0.3, 0.4) is 0 Å². The molecule has 0 saturated heterocycles. The highest BCUT2D eigenvalue weighted by Crippen LogP contribution is 1.63. The molecule has 0 aromatic heterocycles. The Hall–Kier alpha value is -0.0800. The number of methoxy groups -OCH3 is 1. The molecule has 0 aliphatic rings. The summed E-state index contributed by atoms with van der Waals surface area (Å²) in [5.41, 5.74) is 0. The zero-order valence-corrected chi connectivity index (χ0v) is 7.27. The second-order valence-electron chi connectivity index (χ2n) is 1.97. The number of ether oxygens (including phenoxy) is 1. The van der Waals surface area contributed by atoms with Gasteiger partial charge < -0.3 is 9.64 Å². The van der Waals surface area contributed by atoms with E-state index in [0.717, 1.165) is 13.2 Å². The van der Waals surface area contributed by atoms with Gasteiger partial charge in [0.2, 0.25) is 0 Å². The van der Waals surface area contributed by atoms with Gasteiger partial charge in [0.25, 0.3) is 0 Å². The molecule has 2 heteroatoms. The topological polar surface area (TPSA) is 12.5 Å².